The normalized spacial score (nSPS) is 11.4. The number of benzene rings is 3. The van der Waals surface area contributed by atoms with Crippen LogP contribution in [-0.2, 0) is 4.79 Å². The molecular weight excluding hydrogens is 355 g/mol. The summed E-state index contributed by atoms with van der Waals surface area (Å²) in [5.41, 5.74) is 4.15. The minimum atomic E-state index is -1.03. The van der Waals surface area contributed by atoms with Gasteiger partial charge in [0.05, 0.1) is 0 Å². The van der Waals surface area contributed by atoms with Crippen molar-refractivity contribution < 1.29 is 9.90 Å². The van der Waals surface area contributed by atoms with E-state index in [0.29, 0.717) is 21.2 Å². The molecule has 0 aliphatic rings. The third kappa shape index (κ3) is 4.30. The Morgan fingerprint density at radius 2 is 1.32 bits per heavy atom. The van der Waals surface area contributed by atoms with Gasteiger partial charge in [-0.15, -0.1) is 0 Å². The van der Waals surface area contributed by atoms with Crippen molar-refractivity contribution in [3.8, 4) is 11.1 Å². The molecule has 0 atom stereocenters. The maximum Gasteiger partial charge on any atom is 0.328 e. The number of carboxylic acids is 1. The SMILES string of the molecule is O=C(O)C=C(c1ccc(-c2ccccc2)cc1)c1cc(Cl)cc(Cl)c1. The number of aliphatic carboxylic acids is 1. The Morgan fingerprint density at radius 3 is 1.88 bits per heavy atom. The number of hydrogen-bond donors (Lipinski definition) is 1. The van der Waals surface area contributed by atoms with Crippen molar-refractivity contribution in [1.82, 2.24) is 0 Å². The summed E-state index contributed by atoms with van der Waals surface area (Å²) in [6, 6.07) is 22.7. The fourth-order valence-electron chi connectivity index (χ4n) is 2.64. The van der Waals surface area contributed by atoms with Crippen molar-refractivity contribution in [2.75, 3.05) is 0 Å². The summed E-state index contributed by atoms with van der Waals surface area (Å²) >= 11 is 12.1. The van der Waals surface area contributed by atoms with Crippen LogP contribution in [0.25, 0.3) is 16.7 Å². The van der Waals surface area contributed by atoms with Gasteiger partial charge in [-0.3, -0.25) is 0 Å². The zero-order valence-electron chi connectivity index (χ0n) is 13.1. The number of carboxylic acid groups (broad SMARTS) is 1. The largest absolute Gasteiger partial charge is 0.478 e. The monoisotopic (exact) mass is 368 g/mol. The molecule has 0 saturated carbocycles. The molecule has 0 bridgehead atoms. The summed E-state index contributed by atoms with van der Waals surface area (Å²) in [5.74, 6) is -1.03. The molecule has 0 heterocycles. The minimum Gasteiger partial charge on any atom is -0.478 e. The average Bonchev–Trinajstić information content (AvgIpc) is 2.60. The topological polar surface area (TPSA) is 37.3 Å². The van der Waals surface area contributed by atoms with Crippen LogP contribution in [0.3, 0.4) is 0 Å². The fraction of sp³-hybridized carbons (Fsp3) is 0. The Hall–Kier alpha value is -2.55. The first kappa shape index (κ1) is 17.3. The molecule has 0 amide bonds. The van der Waals surface area contributed by atoms with E-state index in [-0.39, 0.29) is 0 Å². The van der Waals surface area contributed by atoms with Crippen molar-refractivity contribution in [3.05, 3.63) is 100 Å². The second-order valence-corrected chi connectivity index (χ2v) is 6.37. The molecule has 3 rings (SSSR count). The van der Waals surface area contributed by atoms with Crippen LogP contribution in [-0.4, -0.2) is 11.1 Å². The van der Waals surface area contributed by atoms with Gasteiger partial charge in [-0.1, -0.05) is 77.8 Å². The lowest BCUT2D eigenvalue weighted by Crippen LogP contribution is -1.95. The Morgan fingerprint density at radius 1 is 0.760 bits per heavy atom. The third-order valence-corrected chi connectivity index (χ3v) is 4.18. The summed E-state index contributed by atoms with van der Waals surface area (Å²) in [7, 11) is 0. The van der Waals surface area contributed by atoms with Crippen molar-refractivity contribution in [3.63, 3.8) is 0 Å². The smallest absolute Gasteiger partial charge is 0.328 e. The summed E-state index contributed by atoms with van der Waals surface area (Å²) < 4.78 is 0. The van der Waals surface area contributed by atoms with Crippen molar-refractivity contribution in [2.24, 2.45) is 0 Å². The first-order valence-electron chi connectivity index (χ1n) is 7.60. The van der Waals surface area contributed by atoms with Crippen LogP contribution in [0.1, 0.15) is 11.1 Å². The van der Waals surface area contributed by atoms with Crippen molar-refractivity contribution >= 4 is 34.7 Å². The van der Waals surface area contributed by atoms with Gasteiger partial charge >= 0.3 is 5.97 Å². The molecule has 2 nitrogen and oxygen atoms in total. The van der Waals surface area contributed by atoms with Gasteiger partial charge in [-0.05, 0) is 46.0 Å². The lowest BCUT2D eigenvalue weighted by Gasteiger charge is -2.10. The molecule has 0 saturated heterocycles. The molecule has 25 heavy (non-hydrogen) atoms. The van der Waals surface area contributed by atoms with Crippen LogP contribution < -0.4 is 0 Å². The number of rotatable bonds is 4. The van der Waals surface area contributed by atoms with E-state index in [9.17, 15) is 9.90 Å². The predicted octanol–water partition coefficient (Wildman–Crippen LogP) is 6.18. The Kier molecular flexibility index (Phi) is 5.22. The van der Waals surface area contributed by atoms with Crippen LogP contribution in [0, 0.1) is 0 Å². The minimum absolute atomic E-state index is 0.458. The van der Waals surface area contributed by atoms with Crippen molar-refractivity contribution in [1.29, 1.82) is 0 Å². The second kappa shape index (κ2) is 7.56. The highest BCUT2D eigenvalue weighted by atomic mass is 35.5. The van der Waals surface area contributed by atoms with E-state index >= 15 is 0 Å². The molecular formula is C21H14Cl2O2. The van der Waals surface area contributed by atoms with E-state index in [0.717, 1.165) is 16.7 Å². The van der Waals surface area contributed by atoms with Gasteiger partial charge in [0.1, 0.15) is 0 Å². The second-order valence-electron chi connectivity index (χ2n) is 5.50. The van der Waals surface area contributed by atoms with Gasteiger partial charge in [0.15, 0.2) is 0 Å². The van der Waals surface area contributed by atoms with E-state index in [2.05, 4.69) is 0 Å². The molecule has 3 aromatic carbocycles. The Bertz CT molecular complexity index is 910. The molecule has 4 heteroatoms. The highest BCUT2D eigenvalue weighted by molar-refractivity contribution is 6.35. The quantitative estimate of drug-likeness (QED) is 0.558. The molecule has 0 radical (unpaired) electrons. The number of halogens is 2. The Labute approximate surface area is 156 Å². The predicted molar refractivity (Wildman–Crippen MR) is 103 cm³/mol. The van der Waals surface area contributed by atoms with Crippen LogP contribution in [0.15, 0.2) is 78.9 Å². The van der Waals surface area contributed by atoms with E-state index in [4.69, 9.17) is 23.2 Å². The molecule has 3 aromatic rings. The standard InChI is InChI=1S/C21H14Cl2O2/c22-18-10-17(11-19(23)12-18)20(13-21(24)25)16-8-6-15(7-9-16)14-4-2-1-3-5-14/h1-13H,(H,24,25). The molecule has 0 spiro atoms. The average molecular weight is 369 g/mol. The lowest BCUT2D eigenvalue weighted by molar-refractivity contribution is -0.131. The van der Waals surface area contributed by atoms with Crippen LogP contribution in [0.4, 0.5) is 0 Å². The zero-order chi connectivity index (χ0) is 17.8. The third-order valence-electron chi connectivity index (χ3n) is 3.74. The van der Waals surface area contributed by atoms with E-state index in [1.807, 2.05) is 54.6 Å². The highest BCUT2D eigenvalue weighted by Crippen LogP contribution is 2.30. The number of carbonyl (C=O) groups is 1. The Balaban J connectivity index is 2.04. The molecule has 0 aliphatic carbocycles. The number of hydrogen-bond acceptors (Lipinski definition) is 1. The summed E-state index contributed by atoms with van der Waals surface area (Å²) in [6.45, 7) is 0. The summed E-state index contributed by atoms with van der Waals surface area (Å²) in [5, 5.41) is 10.2. The molecule has 0 aromatic heterocycles. The van der Waals surface area contributed by atoms with Gasteiger partial charge in [0.2, 0.25) is 0 Å². The van der Waals surface area contributed by atoms with E-state index in [1.54, 1.807) is 18.2 Å². The molecule has 124 valence electrons. The van der Waals surface area contributed by atoms with Gasteiger partial charge < -0.3 is 5.11 Å². The van der Waals surface area contributed by atoms with Crippen LogP contribution in [0.2, 0.25) is 10.0 Å². The van der Waals surface area contributed by atoms with E-state index in [1.165, 1.54) is 6.08 Å². The van der Waals surface area contributed by atoms with Crippen molar-refractivity contribution in [2.45, 2.75) is 0 Å². The van der Waals surface area contributed by atoms with Gasteiger partial charge in [0.25, 0.3) is 0 Å². The van der Waals surface area contributed by atoms with Gasteiger partial charge in [-0.2, -0.15) is 0 Å². The maximum absolute atomic E-state index is 11.3. The lowest BCUT2D eigenvalue weighted by atomic mass is 9.95. The maximum atomic E-state index is 11.3. The fourth-order valence-corrected chi connectivity index (χ4v) is 3.17. The van der Waals surface area contributed by atoms with E-state index < -0.39 is 5.97 Å². The summed E-state index contributed by atoms with van der Waals surface area (Å²) in [4.78, 5) is 11.3. The molecule has 0 aliphatic heterocycles. The first-order valence-corrected chi connectivity index (χ1v) is 8.35. The molecule has 0 fully saturated rings. The van der Waals surface area contributed by atoms with Crippen LogP contribution in [0.5, 0.6) is 0 Å². The van der Waals surface area contributed by atoms with Gasteiger partial charge in [-0.25, -0.2) is 4.79 Å². The first-order chi connectivity index (χ1) is 12.0. The summed E-state index contributed by atoms with van der Waals surface area (Å²) in [6.07, 6.45) is 1.17. The highest BCUT2D eigenvalue weighted by Gasteiger charge is 2.10. The molecule has 1 N–H and O–H groups in total. The van der Waals surface area contributed by atoms with Gasteiger partial charge in [0, 0.05) is 16.1 Å². The molecule has 0 unspecified atom stereocenters. The van der Waals surface area contributed by atoms with Crippen LogP contribution >= 0.6 is 23.2 Å². The zero-order valence-corrected chi connectivity index (χ0v) is 14.6.